The summed E-state index contributed by atoms with van der Waals surface area (Å²) in [6.45, 7) is 4.66. The summed E-state index contributed by atoms with van der Waals surface area (Å²) in [7, 11) is 2.12. The molecule has 3 N–H and O–H groups in total. The van der Waals surface area contributed by atoms with Crippen LogP contribution in [0.15, 0.2) is 109 Å². The predicted molar refractivity (Wildman–Crippen MR) is 168 cm³/mol. The first-order chi connectivity index (χ1) is 21.0. The molecule has 2 amide bonds. The fraction of sp³-hybridized carbons (Fsp3) is 0.306. The first-order valence-electron chi connectivity index (χ1n) is 14.9. The molecule has 0 radical (unpaired) electrons. The average molecular weight is 580 g/mol. The van der Waals surface area contributed by atoms with Crippen LogP contribution in [0.4, 0.5) is 4.79 Å². The number of aliphatic hydroxyl groups is 1. The van der Waals surface area contributed by atoms with Gasteiger partial charge >= 0.3 is 6.03 Å². The van der Waals surface area contributed by atoms with E-state index in [1.807, 2.05) is 84.9 Å². The Balaban J connectivity index is 1.24. The Kier molecular flexibility index (Phi) is 10.6. The first kappa shape index (κ1) is 30.4. The van der Waals surface area contributed by atoms with Gasteiger partial charge in [0.05, 0.1) is 18.8 Å². The summed E-state index contributed by atoms with van der Waals surface area (Å²) in [4.78, 5) is 14.6. The van der Waals surface area contributed by atoms with Crippen LogP contribution >= 0.6 is 0 Å². The SMILES string of the molecule is CC1C(CN(C)Cc2ccccc2)OC(c2ccc(CNC(=O)NCc3ccccc3)cc2)OC1c1ccc(CO)cc1. The quantitative estimate of drug-likeness (QED) is 0.200. The summed E-state index contributed by atoms with van der Waals surface area (Å²) in [5.74, 6) is 0.104. The summed E-state index contributed by atoms with van der Waals surface area (Å²) >= 11 is 0. The Morgan fingerprint density at radius 1 is 0.721 bits per heavy atom. The van der Waals surface area contributed by atoms with Crippen molar-refractivity contribution in [2.45, 2.75) is 51.7 Å². The fourth-order valence-electron chi connectivity index (χ4n) is 5.41. The number of carbonyl (C=O) groups excluding carboxylic acids is 1. The molecule has 43 heavy (non-hydrogen) atoms. The highest BCUT2D eigenvalue weighted by atomic mass is 16.7. The van der Waals surface area contributed by atoms with Gasteiger partial charge in [0.25, 0.3) is 0 Å². The number of aliphatic hydroxyl groups excluding tert-OH is 1. The molecule has 0 spiro atoms. The van der Waals surface area contributed by atoms with Crippen LogP contribution < -0.4 is 10.6 Å². The molecule has 4 atom stereocenters. The van der Waals surface area contributed by atoms with Crippen LogP contribution in [0.5, 0.6) is 0 Å². The van der Waals surface area contributed by atoms with Crippen molar-refractivity contribution in [2.24, 2.45) is 5.92 Å². The van der Waals surface area contributed by atoms with Crippen molar-refractivity contribution < 1.29 is 19.4 Å². The first-order valence-corrected chi connectivity index (χ1v) is 14.9. The van der Waals surface area contributed by atoms with Gasteiger partial charge < -0.3 is 25.2 Å². The number of carbonyl (C=O) groups is 1. The zero-order valence-corrected chi connectivity index (χ0v) is 24.9. The molecule has 1 fully saturated rings. The van der Waals surface area contributed by atoms with Crippen molar-refractivity contribution in [3.05, 3.63) is 143 Å². The third-order valence-corrected chi connectivity index (χ3v) is 7.91. The number of nitrogens with zero attached hydrogens (tertiary/aromatic N) is 1. The van der Waals surface area contributed by atoms with Crippen LogP contribution in [-0.4, -0.2) is 35.7 Å². The standard InChI is InChI=1S/C36H41N3O4/c1-26-33(24-39(2)23-29-11-7-4-8-12-29)42-35(43-34(26)31-17-15-30(25-40)16-18-31)32-19-13-28(14-20-32)22-38-36(41)37-21-27-9-5-3-6-10-27/h3-20,26,33-35,40H,21-25H2,1-2H3,(H2,37,38,41). The van der Waals surface area contributed by atoms with Crippen LogP contribution in [0, 0.1) is 5.92 Å². The van der Waals surface area contributed by atoms with E-state index in [-0.39, 0.29) is 30.8 Å². The minimum absolute atomic E-state index is 0.00981. The van der Waals surface area contributed by atoms with Gasteiger partial charge in [0.15, 0.2) is 6.29 Å². The second-order valence-electron chi connectivity index (χ2n) is 11.3. The van der Waals surface area contributed by atoms with E-state index in [1.54, 1.807) is 0 Å². The Morgan fingerprint density at radius 3 is 1.86 bits per heavy atom. The molecule has 0 aliphatic carbocycles. The average Bonchev–Trinajstić information content (AvgIpc) is 3.05. The van der Waals surface area contributed by atoms with E-state index in [4.69, 9.17) is 9.47 Å². The van der Waals surface area contributed by atoms with Gasteiger partial charge in [-0.1, -0.05) is 116 Å². The molecule has 1 aliphatic rings. The summed E-state index contributed by atoms with van der Waals surface area (Å²) in [5, 5.41) is 15.3. The summed E-state index contributed by atoms with van der Waals surface area (Å²) in [6.07, 6.45) is -0.772. The molecule has 1 saturated heterocycles. The zero-order valence-electron chi connectivity index (χ0n) is 24.9. The molecule has 4 unspecified atom stereocenters. The molecule has 4 aromatic rings. The smallest absolute Gasteiger partial charge is 0.315 e. The number of urea groups is 1. The van der Waals surface area contributed by atoms with E-state index in [0.29, 0.717) is 13.1 Å². The van der Waals surface area contributed by atoms with Crippen molar-refractivity contribution in [3.8, 4) is 0 Å². The van der Waals surface area contributed by atoms with Crippen LogP contribution in [0.2, 0.25) is 0 Å². The topological polar surface area (TPSA) is 83.1 Å². The van der Waals surface area contributed by atoms with Gasteiger partial charge in [-0.25, -0.2) is 4.79 Å². The maximum absolute atomic E-state index is 12.3. The monoisotopic (exact) mass is 579 g/mol. The van der Waals surface area contributed by atoms with Crippen molar-refractivity contribution >= 4 is 6.03 Å². The molecule has 7 heteroatoms. The van der Waals surface area contributed by atoms with Gasteiger partial charge in [0.1, 0.15) is 0 Å². The third kappa shape index (κ3) is 8.52. The lowest BCUT2D eigenvalue weighted by atomic mass is 9.90. The number of likely N-dealkylation sites (N-methyl/N-ethyl adjacent to an activating group) is 1. The number of rotatable bonds is 11. The van der Waals surface area contributed by atoms with Gasteiger partial charge in [-0.05, 0) is 34.9 Å². The fourth-order valence-corrected chi connectivity index (χ4v) is 5.41. The molecule has 4 aromatic carbocycles. The summed E-state index contributed by atoms with van der Waals surface area (Å²) in [6, 6.07) is 36.1. The van der Waals surface area contributed by atoms with Gasteiger partial charge in [-0.3, -0.25) is 4.90 Å². The molecular weight excluding hydrogens is 538 g/mol. The van der Waals surface area contributed by atoms with Gasteiger partial charge in [-0.15, -0.1) is 0 Å². The van der Waals surface area contributed by atoms with Crippen molar-refractivity contribution in [1.29, 1.82) is 0 Å². The van der Waals surface area contributed by atoms with Crippen LogP contribution in [0.25, 0.3) is 0 Å². The zero-order chi connectivity index (χ0) is 30.0. The van der Waals surface area contributed by atoms with Crippen molar-refractivity contribution in [2.75, 3.05) is 13.6 Å². The molecule has 7 nitrogen and oxygen atoms in total. The molecule has 1 aliphatic heterocycles. The van der Waals surface area contributed by atoms with Crippen molar-refractivity contribution in [3.63, 3.8) is 0 Å². The van der Waals surface area contributed by atoms with Crippen molar-refractivity contribution in [1.82, 2.24) is 15.5 Å². The Bertz CT molecular complexity index is 1410. The van der Waals surface area contributed by atoms with Gasteiger partial charge in [0, 0.05) is 37.7 Å². The Hall–Kier alpha value is -4.01. The normalized spacial score (nSPS) is 20.1. The summed E-state index contributed by atoms with van der Waals surface area (Å²) in [5.41, 5.74) is 6.16. The van der Waals surface area contributed by atoms with Gasteiger partial charge in [-0.2, -0.15) is 0 Å². The number of amides is 2. The highest BCUT2D eigenvalue weighted by molar-refractivity contribution is 5.73. The lowest BCUT2D eigenvalue weighted by Gasteiger charge is -2.42. The minimum Gasteiger partial charge on any atom is -0.392 e. The van der Waals surface area contributed by atoms with Gasteiger partial charge in [0.2, 0.25) is 0 Å². The molecule has 0 saturated carbocycles. The molecule has 1 heterocycles. The maximum atomic E-state index is 12.3. The van der Waals surface area contributed by atoms with Crippen LogP contribution in [0.1, 0.15) is 52.7 Å². The second kappa shape index (κ2) is 14.9. The minimum atomic E-state index is -0.537. The summed E-state index contributed by atoms with van der Waals surface area (Å²) < 4.78 is 13.2. The van der Waals surface area contributed by atoms with E-state index in [1.165, 1.54) is 5.56 Å². The number of hydrogen-bond acceptors (Lipinski definition) is 5. The Labute approximate surface area is 254 Å². The molecular formula is C36H41N3O4. The largest absolute Gasteiger partial charge is 0.392 e. The third-order valence-electron chi connectivity index (χ3n) is 7.91. The molecule has 5 rings (SSSR count). The lowest BCUT2D eigenvalue weighted by molar-refractivity contribution is -0.276. The number of hydrogen-bond donors (Lipinski definition) is 3. The van der Waals surface area contributed by atoms with Crippen LogP contribution in [-0.2, 0) is 35.7 Å². The lowest BCUT2D eigenvalue weighted by Crippen LogP contribution is -2.43. The molecule has 0 bridgehead atoms. The maximum Gasteiger partial charge on any atom is 0.315 e. The van der Waals surface area contributed by atoms with E-state index >= 15 is 0 Å². The number of benzene rings is 4. The van der Waals surface area contributed by atoms with E-state index in [0.717, 1.165) is 40.9 Å². The molecule has 0 aromatic heterocycles. The highest BCUT2D eigenvalue weighted by Crippen LogP contribution is 2.41. The number of ether oxygens (including phenoxy) is 2. The Morgan fingerprint density at radius 2 is 1.26 bits per heavy atom. The van der Waals surface area contributed by atoms with E-state index in [9.17, 15) is 9.90 Å². The molecule has 224 valence electrons. The van der Waals surface area contributed by atoms with E-state index < -0.39 is 6.29 Å². The highest BCUT2D eigenvalue weighted by Gasteiger charge is 2.38. The van der Waals surface area contributed by atoms with E-state index in [2.05, 4.69) is 53.8 Å². The van der Waals surface area contributed by atoms with Crippen LogP contribution in [0.3, 0.4) is 0 Å². The number of nitrogens with one attached hydrogen (secondary N) is 2. The second-order valence-corrected chi connectivity index (χ2v) is 11.3. The predicted octanol–water partition coefficient (Wildman–Crippen LogP) is 6.10.